The van der Waals surface area contributed by atoms with Crippen LogP contribution in [0, 0.1) is 12.7 Å². The summed E-state index contributed by atoms with van der Waals surface area (Å²) >= 11 is 1.20. The van der Waals surface area contributed by atoms with E-state index < -0.39 is 11.7 Å². The van der Waals surface area contributed by atoms with Crippen molar-refractivity contribution < 1.29 is 14.0 Å². The average Bonchev–Trinajstić information content (AvgIpc) is 3.38. The molecule has 1 aliphatic rings. The van der Waals surface area contributed by atoms with Crippen molar-refractivity contribution in [3.8, 4) is 0 Å². The van der Waals surface area contributed by atoms with Crippen molar-refractivity contribution in [3.05, 3.63) is 76.4 Å². The molecule has 2 amide bonds. The highest BCUT2D eigenvalue weighted by Gasteiger charge is 2.17. The molecule has 7 heteroatoms. The molecule has 0 saturated carbocycles. The number of halogens is 1. The molecule has 3 aromatic rings. The van der Waals surface area contributed by atoms with Crippen LogP contribution in [0.5, 0.6) is 0 Å². The van der Waals surface area contributed by atoms with Crippen molar-refractivity contribution >= 4 is 39.5 Å². The van der Waals surface area contributed by atoms with Crippen LogP contribution < -0.4 is 15.5 Å². The summed E-state index contributed by atoms with van der Waals surface area (Å²) < 4.78 is 13.3. The zero-order valence-electron chi connectivity index (χ0n) is 16.6. The molecule has 2 aromatic carbocycles. The third kappa shape index (κ3) is 4.52. The summed E-state index contributed by atoms with van der Waals surface area (Å²) in [6, 6.07) is 15.1. The summed E-state index contributed by atoms with van der Waals surface area (Å²) in [6.07, 6.45) is 2.38. The molecule has 0 bridgehead atoms. The Balaban J connectivity index is 1.45. The van der Waals surface area contributed by atoms with Gasteiger partial charge in [0.1, 0.15) is 5.82 Å². The van der Waals surface area contributed by atoms with E-state index >= 15 is 0 Å². The van der Waals surface area contributed by atoms with Crippen molar-refractivity contribution in [3.63, 3.8) is 0 Å². The van der Waals surface area contributed by atoms with Crippen LogP contribution in [0.4, 0.5) is 20.8 Å². The number of carbonyl (C=O) groups excluding carboxylic acids is 2. The number of nitrogens with zero attached hydrogens (tertiary/aromatic N) is 1. The highest BCUT2D eigenvalue weighted by molar-refractivity contribution is 7.18. The van der Waals surface area contributed by atoms with E-state index in [0.29, 0.717) is 9.88 Å². The molecule has 0 atom stereocenters. The van der Waals surface area contributed by atoms with Gasteiger partial charge in [0.15, 0.2) is 0 Å². The first kappa shape index (κ1) is 20.1. The maximum atomic E-state index is 13.3. The fourth-order valence-corrected chi connectivity index (χ4v) is 4.49. The monoisotopic (exact) mass is 423 g/mol. The normalized spacial score (nSPS) is 13.3. The van der Waals surface area contributed by atoms with E-state index in [9.17, 15) is 14.0 Å². The molecule has 4 rings (SSSR count). The summed E-state index contributed by atoms with van der Waals surface area (Å²) in [5, 5.41) is 6.23. The van der Waals surface area contributed by atoms with Crippen LogP contribution in [-0.2, 0) is 0 Å². The Hall–Kier alpha value is -3.19. The topological polar surface area (TPSA) is 61.4 Å². The Morgan fingerprint density at radius 2 is 1.73 bits per heavy atom. The van der Waals surface area contributed by atoms with Gasteiger partial charge in [-0.1, -0.05) is 12.1 Å². The summed E-state index contributed by atoms with van der Waals surface area (Å²) in [5.41, 5.74) is 2.84. The van der Waals surface area contributed by atoms with Gasteiger partial charge in [-0.3, -0.25) is 9.59 Å². The second-order valence-corrected chi connectivity index (χ2v) is 8.34. The minimum atomic E-state index is -0.471. The van der Waals surface area contributed by atoms with Gasteiger partial charge in [-0.25, -0.2) is 4.39 Å². The molecule has 0 radical (unpaired) electrons. The molecular formula is C23H22FN3O2S. The lowest BCUT2D eigenvalue weighted by atomic mass is 10.2. The maximum Gasteiger partial charge on any atom is 0.266 e. The molecule has 154 valence electrons. The van der Waals surface area contributed by atoms with Crippen molar-refractivity contribution in [2.45, 2.75) is 19.8 Å². The summed E-state index contributed by atoms with van der Waals surface area (Å²) in [5.74, 6) is -1.11. The predicted octanol–water partition coefficient (Wildman–Crippen LogP) is 5.30. The number of rotatable bonds is 5. The van der Waals surface area contributed by atoms with E-state index in [2.05, 4.69) is 21.6 Å². The molecule has 1 fully saturated rings. The van der Waals surface area contributed by atoms with E-state index in [0.717, 1.165) is 30.0 Å². The lowest BCUT2D eigenvalue weighted by molar-refractivity contribution is 0.101. The fraction of sp³-hybridized carbons (Fsp3) is 0.217. The predicted molar refractivity (Wildman–Crippen MR) is 119 cm³/mol. The Kier molecular flexibility index (Phi) is 5.81. The third-order valence-electron chi connectivity index (χ3n) is 5.02. The van der Waals surface area contributed by atoms with E-state index in [4.69, 9.17) is 0 Å². The van der Waals surface area contributed by atoms with Crippen molar-refractivity contribution in [2.75, 3.05) is 28.6 Å². The van der Waals surface area contributed by atoms with Crippen LogP contribution in [0.2, 0.25) is 0 Å². The van der Waals surface area contributed by atoms with E-state index in [1.165, 1.54) is 42.4 Å². The summed E-state index contributed by atoms with van der Waals surface area (Å²) in [6.45, 7) is 3.90. The van der Waals surface area contributed by atoms with E-state index in [1.54, 1.807) is 12.1 Å². The van der Waals surface area contributed by atoms with Gasteiger partial charge in [0.2, 0.25) is 0 Å². The zero-order chi connectivity index (χ0) is 21.1. The molecule has 1 saturated heterocycles. The number of amides is 2. The van der Waals surface area contributed by atoms with E-state index in [1.807, 2.05) is 25.1 Å². The Bertz CT molecular complexity index is 1090. The Morgan fingerprint density at radius 1 is 0.967 bits per heavy atom. The number of hydrogen-bond acceptors (Lipinski definition) is 4. The van der Waals surface area contributed by atoms with Crippen LogP contribution in [0.15, 0.2) is 54.6 Å². The first-order chi connectivity index (χ1) is 14.5. The largest absolute Gasteiger partial charge is 0.371 e. The number of hydrogen-bond donors (Lipinski definition) is 2. The SMILES string of the molecule is Cc1cc(NC(=O)c2cccc(F)c2)sc1C(=O)Nc1cccc(N2CCCC2)c1. The second-order valence-electron chi connectivity index (χ2n) is 7.29. The standard InChI is InChI=1S/C23H22FN3O2S/c1-15-12-20(26-22(28)16-6-4-7-17(24)13-16)30-21(15)23(29)25-18-8-5-9-19(14-18)27-10-2-3-11-27/h4-9,12-14H,2-3,10-11H2,1H3,(H,25,29)(H,26,28). The van der Waals surface area contributed by atoms with Crippen molar-refractivity contribution in [2.24, 2.45) is 0 Å². The van der Waals surface area contributed by atoms with Gasteiger partial charge >= 0.3 is 0 Å². The van der Waals surface area contributed by atoms with E-state index in [-0.39, 0.29) is 11.5 Å². The number of anilines is 3. The molecule has 0 aliphatic carbocycles. The van der Waals surface area contributed by atoms with Crippen molar-refractivity contribution in [1.29, 1.82) is 0 Å². The zero-order valence-corrected chi connectivity index (χ0v) is 17.4. The Morgan fingerprint density at radius 3 is 2.50 bits per heavy atom. The lowest BCUT2D eigenvalue weighted by Crippen LogP contribution is -2.18. The van der Waals surface area contributed by atoms with Gasteiger partial charge in [0, 0.05) is 30.0 Å². The highest BCUT2D eigenvalue weighted by atomic mass is 32.1. The smallest absolute Gasteiger partial charge is 0.266 e. The quantitative estimate of drug-likeness (QED) is 0.585. The lowest BCUT2D eigenvalue weighted by Gasteiger charge is -2.18. The molecular weight excluding hydrogens is 401 g/mol. The molecule has 0 unspecified atom stereocenters. The molecule has 5 nitrogen and oxygen atoms in total. The minimum Gasteiger partial charge on any atom is -0.371 e. The number of nitrogens with one attached hydrogen (secondary N) is 2. The fourth-order valence-electron chi connectivity index (χ4n) is 3.53. The summed E-state index contributed by atoms with van der Waals surface area (Å²) in [4.78, 5) is 28.0. The number of thiophene rings is 1. The summed E-state index contributed by atoms with van der Waals surface area (Å²) in [7, 11) is 0. The number of aryl methyl sites for hydroxylation is 1. The average molecular weight is 424 g/mol. The maximum absolute atomic E-state index is 13.3. The van der Waals surface area contributed by atoms with Crippen LogP contribution in [-0.4, -0.2) is 24.9 Å². The van der Waals surface area contributed by atoms with Gasteiger partial charge in [-0.2, -0.15) is 0 Å². The first-order valence-electron chi connectivity index (χ1n) is 9.83. The molecule has 30 heavy (non-hydrogen) atoms. The minimum absolute atomic E-state index is 0.220. The van der Waals surface area contributed by atoms with Crippen LogP contribution in [0.25, 0.3) is 0 Å². The number of carbonyl (C=O) groups is 2. The van der Waals surface area contributed by atoms with Crippen molar-refractivity contribution in [1.82, 2.24) is 0 Å². The third-order valence-corrected chi connectivity index (χ3v) is 6.17. The van der Waals surface area contributed by atoms with Gasteiger partial charge in [0.25, 0.3) is 11.8 Å². The molecule has 1 aliphatic heterocycles. The van der Waals surface area contributed by atoms with Gasteiger partial charge < -0.3 is 15.5 Å². The molecule has 2 heterocycles. The van der Waals surface area contributed by atoms with Gasteiger partial charge in [-0.05, 0) is 67.8 Å². The molecule has 2 N–H and O–H groups in total. The first-order valence-corrected chi connectivity index (χ1v) is 10.6. The molecule has 0 spiro atoms. The van der Waals surface area contributed by atoms with Gasteiger partial charge in [0.05, 0.1) is 9.88 Å². The Labute approximate surface area is 178 Å². The molecule has 1 aromatic heterocycles. The number of benzene rings is 2. The van der Waals surface area contributed by atoms with Gasteiger partial charge in [-0.15, -0.1) is 11.3 Å². The highest BCUT2D eigenvalue weighted by Crippen LogP contribution is 2.29. The van der Waals surface area contributed by atoms with Crippen LogP contribution >= 0.6 is 11.3 Å². The van der Waals surface area contributed by atoms with Crippen LogP contribution in [0.1, 0.15) is 38.4 Å². The van der Waals surface area contributed by atoms with Crippen LogP contribution in [0.3, 0.4) is 0 Å². The second kappa shape index (κ2) is 8.67.